The molecule has 10 heteroatoms. The molecular formula is C15H25ClN2O5S2. The number of hydrogen-bond donors (Lipinski definition) is 1. The number of halogens is 1. The van der Waals surface area contributed by atoms with Crippen molar-refractivity contribution >= 4 is 32.3 Å². The Kier molecular flexibility index (Phi) is 7.70. The number of methoxy groups -OCH3 is 1. The van der Waals surface area contributed by atoms with Crippen molar-refractivity contribution in [3.8, 4) is 5.75 Å². The standard InChI is InChI=1S/C15H24N2O5S2.ClH/c1-16-11-12-6-8-17(9-7-12)24(20,21)15-10-13(23(3,18)19)4-5-14(15)22-2;/h4-5,10,12,16H,6-9,11H2,1-3H3;1H. The van der Waals surface area contributed by atoms with Crippen molar-refractivity contribution in [2.24, 2.45) is 5.92 Å². The number of sulfonamides is 1. The van der Waals surface area contributed by atoms with Gasteiger partial charge in [-0.3, -0.25) is 0 Å². The fourth-order valence-corrected chi connectivity index (χ4v) is 5.24. The van der Waals surface area contributed by atoms with Crippen molar-refractivity contribution in [1.29, 1.82) is 0 Å². The molecule has 0 radical (unpaired) electrons. The number of rotatable bonds is 6. The first-order valence-corrected chi connectivity index (χ1v) is 11.1. The lowest BCUT2D eigenvalue weighted by Gasteiger charge is -2.31. The Morgan fingerprint density at radius 3 is 2.28 bits per heavy atom. The quantitative estimate of drug-likeness (QED) is 0.753. The highest BCUT2D eigenvalue weighted by molar-refractivity contribution is 7.91. The van der Waals surface area contributed by atoms with Gasteiger partial charge in [0, 0.05) is 19.3 Å². The molecule has 1 aliphatic rings. The predicted octanol–water partition coefficient (Wildman–Crippen LogP) is 1.14. The summed E-state index contributed by atoms with van der Waals surface area (Å²) < 4.78 is 55.9. The molecule has 1 saturated heterocycles. The van der Waals surface area contributed by atoms with Crippen LogP contribution in [0.4, 0.5) is 0 Å². The SMILES string of the molecule is CNCC1CCN(S(=O)(=O)c2cc(S(C)(=O)=O)ccc2OC)CC1.Cl. The van der Waals surface area contributed by atoms with E-state index in [0.29, 0.717) is 19.0 Å². The maximum Gasteiger partial charge on any atom is 0.246 e. The van der Waals surface area contributed by atoms with Crippen molar-refractivity contribution in [3.05, 3.63) is 18.2 Å². The number of nitrogens with one attached hydrogen (secondary N) is 1. The smallest absolute Gasteiger partial charge is 0.246 e. The van der Waals surface area contributed by atoms with Crippen LogP contribution in [0.25, 0.3) is 0 Å². The first kappa shape index (κ1) is 22.2. The van der Waals surface area contributed by atoms with Crippen LogP contribution in [0, 0.1) is 5.92 Å². The minimum atomic E-state index is -3.80. The molecule has 0 amide bonds. The molecule has 1 aliphatic heterocycles. The van der Waals surface area contributed by atoms with E-state index in [1.807, 2.05) is 7.05 Å². The summed E-state index contributed by atoms with van der Waals surface area (Å²) >= 11 is 0. The molecule has 0 spiro atoms. The molecule has 0 saturated carbocycles. The minimum Gasteiger partial charge on any atom is -0.495 e. The molecule has 1 fully saturated rings. The fraction of sp³-hybridized carbons (Fsp3) is 0.600. The number of hydrogen-bond acceptors (Lipinski definition) is 6. The van der Waals surface area contributed by atoms with Gasteiger partial charge in [-0.05, 0) is 50.6 Å². The zero-order valence-electron chi connectivity index (χ0n) is 14.6. The van der Waals surface area contributed by atoms with Crippen molar-refractivity contribution in [1.82, 2.24) is 9.62 Å². The number of nitrogens with zero attached hydrogens (tertiary/aromatic N) is 1. The maximum atomic E-state index is 12.9. The molecule has 0 bridgehead atoms. The van der Waals surface area contributed by atoms with Crippen LogP contribution in [0.5, 0.6) is 5.75 Å². The van der Waals surface area contributed by atoms with E-state index in [2.05, 4.69) is 5.32 Å². The fourth-order valence-electron chi connectivity index (χ4n) is 2.87. The van der Waals surface area contributed by atoms with E-state index in [0.717, 1.165) is 25.6 Å². The summed E-state index contributed by atoms with van der Waals surface area (Å²) in [6.07, 6.45) is 2.59. The summed E-state index contributed by atoms with van der Waals surface area (Å²) in [5, 5.41) is 3.11. The summed E-state index contributed by atoms with van der Waals surface area (Å²) in [4.78, 5) is -0.132. The van der Waals surface area contributed by atoms with Gasteiger partial charge in [-0.2, -0.15) is 4.31 Å². The molecule has 0 aromatic heterocycles. The second-order valence-corrected chi connectivity index (χ2v) is 9.91. The highest BCUT2D eigenvalue weighted by Crippen LogP contribution is 2.31. The molecular weight excluding hydrogens is 388 g/mol. The number of benzene rings is 1. The van der Waals surface area contributed by atoms with Crippen LogP contribution >= 0.6 is 12.4 Å². The van der Waals surface area contributed by atoms with Crippen LogP contribution in [0.15, 0.2) is 28.0 Å². The van der Waals surface area contributed by atoms with Crippen molar-refractivity contribution < 1.29 is 21.6 Å². The Bertz CT molecular complexity index is 788. The third-order valence-corrected chi connectivity index (χ3v) is 7.28. The zero-order valence-corrected chi connectivity index (χ0v) is 17.0. The van der Waals surface area contributed by atoms with Crippen LogP contribution in [-0.2, 0) is 19.9 Å². The van der Waals surface area contributed by atoms with Crippen LogP contribution < -0.4 is 10.1 Å². The van der Waals surface area contributed by atoms with Crippen molar-refractivity contribution in [2.45, 2.75) is 22.6 Å². The van der Waals surface area contributed by atoms with Gasteiger partial charge in [-0.15, -0.1) is 12.4 Å². The lowest BCUT2D eigenvalue weighted by atomic mass is 9.98. The summed E-state index contributed by atoms with van der Waals surface area (Å²) in [5.41, 5.74) is 0. The zero-order chi connectivity index (χ0) is 18.0. The largest absolute Gasteiger partial charge is 0.495 e. The minimum absolute atomic E-state index is 0. The average molecular weight is 413 g/mol. The number of ether oxygens (including phenoxy) is 1. The van der Waals surface area contributed by atoms with E-state index in [9.17, 15) is 16.8 Å². The molecule has 1 N–H and O–H groups in total. The molecule has 25 heavy (non-hydrogen) atoms. The number of sulfone groups is 1. The molecule has 0 atom stereocenters. The van der Waals surface area contributed by atoms with Gasteiger partial charge in [-0.1, -0.05) is 0 Å². The van der Waals surface area contributed by atoms with Gasteiger partial charge >= 0.3 is 0 Å². The third kappa shape index (κ3) is 5.07. The Labute approximate surface area is 156 Å². The molecule has 2 rings (SSSR count). The topological polar surface area (TPSA) is 92.8 Å². The Balaban J connectivity index is 0.00000312. The van der Waals surface area contributed by atoms with Gasteiger partial charge in [0.15, 0.2) is 9.84 Å². The molecule has 1 aromatic rings. The van der Waals surface area contributed by atoms with Crippen LogP contribution in [0.3, 0.4) is 0 Å². The van der Waals surface area contributed by atoms with Crippen LogP contribution in [-0.4, -0.2) is 61.2 Å². The summed E-state index contributed by atoms with van der Waals surface area (Å²) in [7, 11) is -4.06. The van der Waals surface area contributed by atoms with Gasteiger partial charge in [0.2, 0.25) is 10.0 Å². The molecule has 144 valence electrons. The first-order chi connectivity index (χ1) is 11.2. The summed E-state index contributed by atoms with van der Waals surface area (Å²) in [6, 6.07) is 3.92. The highest BCUT2D eigenvalue weighted by Gasteiger charge is 2.32. The summed E-state index contributed by atoms with van der Waals surface area (Å²) in [6.45, 7) is 1.70. The molecule has 0 aliphatic carbocycles. The molecule has 0 unspecified atom stereocenters. The summed E-state index contributed by atoms with van der Waals surface area (Å²) in [5.74, 6) is 0.602. The van der Waals surface area contributed by atoms with Crippen LogP contribution in [0.2, 0.25) is 0 Å². The number of piperidine rings is 1. The van der Waals surface area contributed by atoms with Gasteiger partial charge in [0.25, 0.3) is 0 Å². The highest BCUT2D eigenvalue weighted by atomic mass is 35.5. The van der Waals surface area contributed by atoms with Crippen LogP contribution in [0.1, 0.15) is 12.8 Å². The Morgan fingerprint density at radius 2 is 1.80 bits per heavy atom. The van der Waals surface area contributed by atoms with Gasteiger partial charge in [0.05, 0.1) is 12.0 Å². The van der Waals surface area contributed by atoms with E-state index in [1.54, 1.807) is 0 Å². The van der Waals surface area contributed by atoms with Crippen molar-refractivity contribution in [3.63, 3.8) is 0 Å². The van der Waals surface area contributed by atoms with E-state index in [-0.39, 0.29) is 27.9 Å². The predicted molar refractivity (Wildman–Crippen MR) is 98.8 cm³/mol. The average Bonchev–Trinajstić information content (AvgIpc) is 2.54. The van der Waals surface area contributed by atoms with Gasteiger partial charge < -0.3 is 10.1 Å². The Hall–Kier alpha value is -0.870. The third-order valence-electron chi connectivity index (χ3n) is 4.25. The van der Waals surface area contributed by atoms with E-state index >= 15 is 0 Å². The second-order valence-electron chi connectivity index (χ2n) is 5.99. The molecule has 1 aromatic carbocycles. The van der Waals surface area contributed by atoms with Gasteiger partial charge in [0.1, 0.15) is 10.6 Å². The lowest BCUT2D eigenvalue weighted by Crippen LogP contribution is -2.40. The van der Waals surface area contributed by atoms with E-state index in [4.69, 9.17) is 4.74 Å². The maximum absolute atomic E-state index is 12.9. The monoisotopic (exact) mass is 412 g/mol. The van der Waals surface area contributed by atoms with E-state index in [1.165, 1.54) is 29.6 Å². The normalized spacial score (nSPS) is 17.1. The molecule has 7 nitrogen and oxygen atoms in total. The lowest BCUT2D eigenvalue weighted by molar-refractivity contribution is 0.270. The Morgan fingerprint density at radius 1 is 1.20 bits per heavy atom. The first-order valence-electron chi connectivity index (χ1n) is 7.73. The molecule has 1 heterocycles. The van der Waals surface area contributed by atoms with Crippen molar-refractivity contribution in [2.75, 3.05) is 40.0 Å². The van der Waals surface area contributed by atoms with E-state index < -0.39 is 19.9 Å². The van der Waals surface area contributed by atoms with Gasteiger partial charge in [-0.25, -0.2) is 16.8 Å². The second kappa shape index (κ2) is 8.68.